The average molecular weight is 832 g/mol. The monoisotopic (exact) mass is 831 g/mol. The Hall–Kier alpha value is -8.18. The molecule has 300 valence electrons. The summed E-state index contributed by atoms with van der Waals surface area (Å²) < 4.78 is 7.61. The zero-order chi connectivity index (χ0) is 42.2. The summed E-state index contributed by atoms with van der Waals surface area (Å²) in [5.74, 6) is 0. The van der Waals surface area contributed by atoms with Crippen LogP contribution in [0.2, 0.25) is 0 Å². The number of aromatic nitrogens is 3. The quantitative estimate of drug-likeness (QED) is 0.112. The summed E-state index contributed by atoms with van der Waals surface area (Å²) in [5, 5.41) is 12.8. The largest absolute Gasteiger partial charge is 0.309 e. The fraction of sp³-hybridized carbons (Fsp3) is 0. The predicted molar refractivity (Wildman–Crippen MR) is 273 cm³/mol. The van der Waals surface area contributed by atoms with E-state index in [1.165, 1.54) is 86.2 Å². The first-order valence-electron chi connectivity index (χ1n) is 22.1. The van der Waals surface area contributed by atoms with E-state index in [2.05, 4.69) is 262 Å². The Balaban J connectivity index is 1.29. The second-order valence-electron chi connectivity index (χ2n) is 16.8. The maximum atomic E-state index is 2.67. The van der Waals surface area contributed by atoms with Crippen molar-refractivity contribution < 1.29 is 0 Å². The highest BCUT2D eigenvalue weighted by molar-refractivity contribution is 7.20. The summed E-state index contributed by atoms with van der Waals surface area (Å²) in [6.45, 7) is 0. The highest BCUT2D eigenvalue weighted by Crippen LogP contribution is 2.43. The molecular weight excluding hydrogens is 791 g/mol. The molecule has 3 heterocycles. The van der Waals surface area contributed by atoms with Gasteiger partial charge in [-0.2, -0.15) is 0 Å². The lowest BCUT2D eigenvalue weighted by atomic mass is 10.1. The first-order chi connectivity index (χ1) is 31.8. The Morgan fingerprint density at radius 1 is 0.250 bits per heavy atom. The Kier molecular flexibility index (Phi) is 8.23. The van der Waals surface area contributed by atoms with Crippen LogP contribution in [-0.2, 0) is 0 Å². The van der Waals surface area contributed by atoms with Gasteiger partial charge in [0.1, 0.15) is 0 Å². The molecular formula is C60H41N3Si. The fourth-order valence-corrected chi connectivity index (χ4v) is 16.0. The zero-order valence-corrected chi connectivity index (χ0v) is 36.0. The topological polar surface area (TPSA) is 14.8 Å². The molecule has 64 heavy (non-hydrogen) atoms. The van der Waals surface area contributed by atoms with Crippen molar-refractivity contribution in [2.24, 2.45) is 0 Å². The van der Waals surface area contributed by atoms with E-state index in [1.54, 1.807) is 0 Å². The van der Waals surface area contributed by atoms with Gasteiger partial charge in [0.2, 0.25) is 0 Å². The van der Waals surface area contributed by atoms with Crippen LogP contribution in [0.5, 0.6) is 0 Å². The van der Waals surface area contributed by atoms with Crippen molar-refractivity contribution in [3.8, 4) is 17.1 Å². The first-order valence-corrected chi connectivity index (χ1v) is 24.1. The summed E-state index contributed by atoms with van der Waals surface area (Å²) in [4.78, 5) is 0. The third kappa shape index (κ3) is 5.15. The van der Waals surface area contributed by atoms with Crippen LogP contribution >= 0.6 is 0 Å². The van der Waals surface area contributed by atoms with Crippen molar-refractivity contribution in [1.82, 2.24) is 13.7 Å². The van der Waals surface area contributed by atoms with Crippen molar-refractivity contribution in [1.29, 1.82) is 0 Å². The highest BCUT2D eigenvalue weighted by Gasteiger charge is 2.43. The summed E-state index contributed by atoms with van der Waals surface area (Å²) in [5.41, 5.74) is 10.6. The average Bonchev–Trinajstić information content (AvgIpc) is 4.02. The second kappa shape index (κ2) is 14.5. The lowest BCUT2D eigenvalue weighted by Gasteiger charge is -2.35. The fourth-order valence-electron chi connectivity index (χ4n) is 11.1. The molecule has 13 aromatic rings. The number of hydrogen-bond donors (Lipinski definition) is 0. The molecule has 0 N–H and O–H groups in total. The van der Waals surface area contributed by atoms with Gasteiger partial charge in [0.25, 0.3) is 0 Å². The zero-order valence-electron chi connectivity index (χ0n) is 35.0. The molecule has 0 aliphatic heterocycles. The molecule has 0 bridgehead atoms. The number of nitrogens with zero attached hydrogens (tertiary/aromatic N) is 3. The van der Waals surface area contributed by atoms with E-state index in [-0.39, 0.29) is 0 Å². The van der Waals surface area contributed by atoms with Crippen LogP contribution in [0, 0.1) is 0 Å². The van der Waals surface area contributed by atoms with Crippen molar-refractivity contribution in [2.75, 3.05) is 0 Å². The molecule has 3 aromatic heterocycles. The van der Waals surface area contributed by atoms with E-state index in [1.807, 2.05) is 0 Å². The number of fused-ring (bicyclic) bond motifs is 9. The van der Waals surface area contributed by atoms with Crippen LogP contribution in [0.25, 0.3) is 82.5 Å². The van der Waals surface area contributed by atoms with Crippen LogP contribution in [0.3, 0.4) is 0 Å². The third-order valence-corrected chi connectivity index (χ3v) is 18.4. The van der Waals surface area contributed by atoms with Gasteiger partial charge < -0.3 is 13.7 Å². The number of para-hydroxylation sites is 6. The van der Waals surface area contributed by atoms with Gasteiger partial charge >= 0.3 is 0 Å². The molecule has 0 saturated carbocycles. The lowest BCUT2D eigenvalue weighted by Crippen LogP contribution is -2.75. The van der Waals surface area contributed by atoms with E-state index in [4.69, 9.17) is 0 Å². The summed E-state index contributed by atoms with van der Waals surface area (Å²) >= 11 is 0. The summed E-state index contributed by atoms with van der Waals surface area (Å²) in [6, 6.07) is 92.5. The Labute approximate surface area is 372 Å². The van der Waals surface area contributed by atoms with Gasteiger partial charge in [-0.25, -0.2) is 0 Å². The van der Waals surface area contributed by atoms with Gasteiger partial charge in [-0.1, -0.05) is 200 Å². The van der Waals surface area contributed by atoms with Crippen molar-refractivity contribution >= 4 is 94.2 Å². The molecule has 4 heteroatoms. The molecule has 0 unspecified atom stereocenters. The molecule has 0 amide bonds. The van der Waals surface area contributed by atoms with Gasteiger partial charge in [-0.3, -0.25) is 0 Å². The highest BCUT2D eigenvalue weighted by atomic mass is 28.3. The van der Waals surface area contributed by atoms with Crippen LogP contribution in [0.4, 0.5) is 0 Å². The number of rotatable bonds is 7. The molecule has 0 fully saturated rings. The van der Waals surface area contributed by atoms with Crippen LogP contribution in [0.15, 0.2) is 249 Å². The van der Waals surface area contributed by atoms with E-state index in [9.17, 15) is 0 Å². The van der Waals surface area contributed by atoms with E-state index >= 15 is 0 Å². The standard InChI is InChI=1S/C60H41N3Si/c1-5-22-42(23-6-1)61-53-37-18-15-32-50(53)58-54(61)38-21-39-55(58)63-59-48(33-19-40-56(59)62-51-35-16-13-30-46(51)47-31-14-17-36-52(47)62)49-34-20-41-57(60(49)63)64(43-24-7-2-8-25-43,44-26-9-3-10-27-44)45-28-11-4-12-29-45/h1-41H. The predicted octanol–water partition coefficient (Wildman–Crippen LogP) is 12.4. The van der Waals surface area contributed by atoms with Gasteiger partial charge in [0, 0.05) is 38.0 Å². The van der Waals surface area contributed by atoms with Crippen LogP contribution in [-0.4, -0.2) is 21.8 Å². The summed E-state index contributed by atoms with van der Waals surface area (Å²) in [6.07, 6.45) is 0. The maximum absolute atomic E-state index is 3.06. The molecule has 0 aliphatic carbocycles. The molecule has 13 rings (SSSR count). The minimum Gasteiger partial charge on any atom is -0.309 e. The van der Waals surface area contributed by atoms with E-state index in [0.29, 0.717) is 0 Å². The van der Waals surface area contributed by atoms with E-state index in [0.717, 1.165) is 17.1 Å². The Bertz CT molecular complexity index is 3730. The van der Waals surface area contributed by atoms with Crippen molar-refractivity contribution in [2.45, 2.75) is 0 Å². The van der Waals surface area contributed by atoms with Crippen molar-refractivity contribution in [3.63, 3.8) is 0 Å². The van der Waals surface area contributed by atoms with E-state index < -0.39 is 8.07 Å². The SMILES string of the molecule is c1ccc(-n2c3ccccc3c3c(-n4c5c(-n6c7ccccc7c7ccccc76)cccc5c5cccc([Si](c6ccccc6)(c6ccccc6)c6ccccc6)c54)cccc32)cc1. The van der Waals surface area contributed by atoms with Crippen LogP contribution in [0.1, 0.15) is 0 Å². The molecule has 10 aromatic carbocycles. The smallest absolute Gasteiger partial charge is 0.181 e. The number of benzene rings is 10. The minimum atomic E-state index is -3.06. The van der Waals surface area contributed by atoms with Crippen molar-refractivity contribution in [3.05, 3.63) is 249 Å². The molecule has 0 aliphatic rings. The molecule has 0 spiro atoms. The second-order valence-corrected chi connectivity index (χ2v) is 20.6. The van der Waals surface area contributed by atoms with Gasteiger partial charge in [0.15, 0.2) is 8.07 Å². The van der Waals surface area contributed by atoms with Gasteiger partial charge in [-0.05, 0) is 69.3 Å². The molecule has 3 nitrogen and oxygen atoms in total. The molecule has 0 radical (unpaired) electrons. The minimum absolute atomic E-state index is 1.14. The summed E-state index contributed by atoms with van der Waals surface area (Å²) in [7, 11) is -3.06. The van der Waals surface area contributed by atoms with Gasteiger partial charge in [0.05, 0.1) is 44.5 Å². The van der Waals surface area contributed by atoms with Crippen LogP contribution < -0.4 is 20.7 Å². The first kappa shape index (κ1) is 36.5. The van der Waals surface area contributed by atoms with Gasteiger partial charge in [-0.15, -0.1) is 0 Å². The Morgan fingerprint density at radius 2 is 0.656 bits per heavy atom. The maximum Gasteiger partial charge on any atom is 0.181 e. The third-order valence-electron chi connectivity index (χ3n) is 13.6. The molecule has 0 saturated heterocycles. The Morgan fingerprint density at radius 3 is 1.23 bits per heavy atom. The lowest BCUT2D eigenvalue weighted by molar-refractivity contribution is 1.14. The number of hydrogen-bond acceptors (Lipinski definition) is 0. The molecule has 0 atom stereocenters. The normalized spacial score (nSPS) is 12.1.